The maximum absolute atomic E-state index is 12.1. The number of amides is 3. The van der Waals surface area contributed by atoms with Crippen LogP contribution in [0.1, 0.15) is 27.6 Å². The normalized spacial score (nSPS) is 15.2. The Hall–Kier alpha value is -2.21. The van der Waals surface area contributed by atoms with Crippen molar-refractivity contribution >= 4 is 17.7 Å². The molecule has 6 heteroatoms. The van der Waals surface area contributed by atoms with E-state index in [4.69, 9.17) is 5.73 Å². The molecule has 1 aromatic rings. The van der Waals surface area contributed by atoms with Crippen LogP contribution in [-0.2, 0) is 4.79 Å². The van der Waals surface area contributed by atoms with Crippen molar-refractivity contribution in [2.75, 3.05) is 20.1 Å². The first-order valence-corrected chi connectivity index (χ1v) is 6.39. The van der Waals surface area contributed by atoms with Crippen molar-refractivity contribution in [3.8, 4) is 0 Å². The summed E-state index contributed by atoms with van der Waals surface area (Å²) in [6.45, 7) is 2.04. The minimum Gasteiger partial charge on any atom is -0.343 e. The molecule has 0 aromatic heterocycles. The molecule has 1 aliphatic heterocycles. The molecule has 0 radical (unpaired) electrons. The summed E-state index contributed by atoms with van der Waals surface area (Å²) in [5, 5.41) is 0. The van der Waals surface area contributed by atoms with Crippen LogP contribution in [0.15, 0.2) is 24.3 Å². The van der Waals surface area contributed by atoms with Gasteiger partial charge >= 0.3 is 0 Å². The predicted molar refractivity (Wildman–Crippen MR) is 73.1 cm³/mol. The summed E-state index contributed by atoms with van der Waals surface area (Å²) in [5.74, 6) is -0.846. The Morgan fingerprint density at radius 1 is 1.25 bits per heavy atom. The minimum atomic E-state index is -0.595. The van der Waals surface area contributed by atoms with Gasteiger partial charge in [-0.15, -0.1) is 0 Å². The maximum atomic E-state index is 12.1. The van der Waals surface area contributed by atoms with Gasteiger partial charge in [0.05, 0.1) is 17.2 Å². The van der Waals surface area contributed by atoms with E-state index in [1.165, 1.54) is 4.90 Å². The molecule has 2 N–H and O–H groups in total. The second-order valence-electron chi connectivity index (χ2n) is 4.86. The van der Waals surface area contributed by atoms with Gasteiger partial charge in [0.2, 0.25) is 5.91 Å². The fraction of sp³-hybridized carbons (Fsp3) is 0.357. The number of nitrogens with two attached hydrogens (primary N) is 1. The van der Waals surface area contributed by atoms with Gasteiger partial charge in [0.25, 0.3) is 11.8 Å². The zero-order chi connectivity index (χ0) is 14.9. The van der Waals surface area contributed by atoms with E-state index in [-0.39, 0.29) is 30.8 Å². The van der Waals surface area contributed by atoms with E-state index in [2.05, 4.69) is 0 Å². The van der Waals surface area contributed by atoms with E-state index in [1.54, 1.807) is 38.2 Å². The van der Waals surface area contributed by atoms with Crippen molar-refractivity contribution in [2.45, 2.75) is 13.0 Å². The zero-order valence-electron chi connectivity index (χ0n) is 11.5. The van der Waals surface area contributed by atoms with Crippen molar-refractivity contribution in [3.05, 3.63) is 35.4 Å². The van der Waals surface area contributed by atoms with Gasteiger partial charge in [-0.1, -0.05) is 12.1 Å². The van der Waals surface area contributed by atoms with E-state index in [0.29, 0.717) is 11.1 Å². The molecule has 0 saturated carbocycles. The maximum Gasteiger partial charge on any atom is 0.261 e. The van der Waals surface area contributed by atoms with Crippen molar-refractivity contribution in [1.82, 2.24) is 9.80 Å². The molecule has 3 amide bonds. The van der Waals surface area contributed by atoms with Gasteiger partial charge in [-0.25, -0.2) is 0 Å². The van der Waals surface area contributed by atoms with Gasteiger partial charge in [-0.05, 0) is 19.1 Å². The Labute approximate surface area is 117 Å². The van der Waals surface area contributed by atoms with Crippen LogP contribution < -0.4 is 5.73 Å². The third-order valence-corrected chi connectivity index (χ3v) is 3.30. The summed E-state index contributed by atoms with van der Waals surface area (Å²) >= 11 is 0. The first-order chi connectivity index (χ1) is 9.43. The lowest BCUT2D eigenvalue weighted by Gasteiger charge is -2.22. The highest BCUT2D eigenvalue weighted by Gasteiger charge is 2.35. The van der Waals surface area contributed by atoms with Crippen LogP contribution in [0.25, 0.3) is 0 Å². The Bertz CT molecular complexity index is 534. The number of nitrogens with zero attached hydrogens (tertiary/aromatic N) is 2. The highest BCUT2D eigenvalue weighted by atomic mass is 16.2. The second-order valence-corrected chi connectivity index (χ2v) is 4.86. The number of fused-ring (bicyclic) bond motifs is 1. The van der Waals surface area contributed by atoms with Crippen LogP contribution in [0.4, 0.5) is 0 Å². The molecular formula is C14H17N3O3. The van der Waals surface area contributed by atoms with Crippen molar-refractivity contribution in [3.63, 3.8) is 0 Å². The van der Waals surface area contributed by atoms with Crippen LogP contribution in [0.5, 0.6) is 0 Å². The molecule has 2 rings (SSSR count). The number of hydrogen-bond acceptors (Lipinski definition) is 4. The van der Waals surface area contributed by atoms with Gasteiger partial charge in [-0.2, -0.15) is 0 Å². The smallest absolute Gasteiger partial charge is 0.261 e. The SMILES string of the molecule is CC(N)C(=O)N(C)CCN1C(=O)c2ccccc2C1=O. The first-order valence-electron chi connectivity index (χ1n) is 6.39. The number of imide groups is 1. The molecule has 0 bridgehead atoms. The zero-order valence-corrected chi connectivity index (χ0v) is 11.5. The molecule has 1 aromatic carbocycles. The lowest BCUT2D eigenvalue weighted by molar-refractivity contribution is -0.130. The molecule has 106 valence electrons. The van der Waals surface area contributed by atoms with Crippen LogP contribution >= 0.6 is 0 Å². The van der Waals surface area contributed by atoms with Crippen LogP contribution in [0.3, 0.4) is 0 Å². The van der Waals surface area contributed by atoms with E-state index in [1.807, 2.05) is 0 Å². The van der Waals surface area contributed by atoms with Gasteiger partial charge in [-0.3, -0.25) is 19.3 Å². The van der Waals surface area contributed by atoms with Gasteiger partial charge < -0.3 is 10.6 Å². The second kappa shape index (κ2) is 5.42. The van der Waals surface area contributed by atoms with Crippen molar-refractivity contribution in [1.29, 1.82) is 0 Å². The molecule has 1 heterocycles. The lowest BCUT2D eigenvalue weighted by atomic mass is 10.1. The highest BCUT2D eigenvalue weighted by Crippen LogP contribution is 2.21. The Kier molecular flexibility index (Phi) is 3.85. The molecule has 1 unspecified atom stereocenters. The fourth-order valence-electron chi connectivity index (χ4n) is 2.15. The fourth-order valence-corrected chi connectivity index (χ4v) is 2.15. The minimum absolute atomic E-state index is 0.168. The van der Waals surface area contributed by atoms with Crippen LogP contribution in [-0.4, -0.2) is 53.7 Å². The van der Waals surface area contributed by atoms with Gasteiger partial charge in [0.1, 0.15) is 0 Å². The van der Waals surface area contributed by atoms with Crippen molar-refractivity contribution < 1.29 is 14.4 Å². The summed E-state index contributed by atoms with van der Waals surface area (Å²) in [7, 11) is 1.60. The summed E-state index contributed by atoms with van der Waals surface area (Å²) in [6, 6.07) is 6.11. The first kappa shape index (κ1) is 14.2. The molecule has 1 aliphatic rings. The monoisotopic (exact) mass is 275 g/mol. The number of hydrogen-bond donors (Lipinski definition) is 1. The Morgan fingerprint density at radius 2 is 1.75 bits per heavy atom. The summed E-state index contributed by atoms with van der Waals surface area (Å²) < 4.78 is 0. The van der Waals surface area contributed by atoms with Crippen LogP contribution in [0, 0.1) is 0 Å². The van der Waals surface area contributed by atoms with E-state index in [9.17, 15) is 14.4 Å². The number of carbonyl (C=O) groups is 3. The molecule has 1 atom stereocenters. The summed E-state index contributed by atoms with van der Waals surface area (Å²) in [5.41, 5.74) is 6.34. The quantitative estimate of drug-likeness (QED) is 0.789. The number of carbonyl (C=O) groups excluding carboxylic acids is 3. The highest BCUT2D eigenvalue weighted by molar-refractivity contribution is 6.21. The molecule has 20 heavy (non-hydrogen) atoms. The lowest BCUT2D eigenvalue weighted by Crippen LogP contribution is -2.44. The van der Waals surface area contributed by atoms with Crippen molar-refractivity contribution in [2.24, 2.45) is 5.73 Å². The van der Waals surface area contributed by atoms with E-state index < -0.39 is 6.04 Å². The van der Waals surface area contributed by atoms with Gasteiger partial charge in [0.15, 0.2) is 0 Å². The largest absolute Gasteiger partial charge is 0.343 e. The van der Waals surface area contributed by atoms with E-state index >= 15 is 0 Å². The molecular weight excluding hydrogens is 258 g/mol. The van der Waals surface area contributed by atoms with E-state index in [0.717, 1.165) is 4.90 Å². The van der Waals surface area contributed by atoms with Crippen LogP contribution in [0.2, 0.25) is 0 Å². The Morgan fingerprint density at radius 3 is 2.20 bits per heavy atom. The standard InChI is InChI=1S/C14H17N3O3/c1-9(15)12(18)16(2)7-8-17-13(19)10-5-3-4-6-11(10)14(17)20/h3-6,9H,7-8,15H2,1-2H3. The number of rotatable bonds is 4. The molecule has 0 spiro atoms. The topological polar surface area (TPSA) is 83.7 Å². The number of likely N-dealkylation sites (N-methyl/N-ethyl adjacent to an activating group) is 1. The molecule has 0 fully saturated rings. The summed E-state index contributed by atoms with van der Waals surface area (Å²) in [4.78, 5) is 38.4. The Balaban J connectivity index is 2.05. The molecule has 0 saturated heterocycles. The average Bonchev–Trinajstić information content (AvgIpc) is 2.68. The average molecular weight is 275 g/mol. The third-order valence-electron chi connectivity index (χ3n) is 3.30. The summed E-state index contributed by atoms with van der Waals surface area (Å²) in [6.07, 6.45) is 0. The third kappa shape index (κ3) is 2.42. The molecule has 0 aliphatic carbocycles. The van der Waals surface area contributed by atoms with Gasteiger partial charge in [0, 0.05) is 20.1 Å². The number of benzene rings is 1. The molecule has 6 nitrogen and oxygen atoms in total. The predicted octanol–water partition coefficient (Wildman–Crippen LogP) is 0.0882.